The number of primary amides is 1. The first-order chi connectivity index (χ1) is 15.8. The summed E-state index contributed by atoms with van der Waals surface area (Å²) in [5.41, 5.74) is 6.48. The Labute approximate surface area is 192 Å². The SMILES string of the molecule is COc1ccccc1N(CCC(N)=O)C(=O)[C@H]1CCCN(C2=NS(=O)(=O)c3ccccc32)C1. The lowest BCUT2D eigenvalue weighted by Crippen LogP contribution is -2.47. The Bertz CT molecular complexity index is 1210. The maximum atomic E-state index is 13.6. The highest BCUT2D eigenvalue weighted by Crippen LogP contribution is 2.33. The number of sulfonamides is 1. The van der Waals surface area contributed by atoms with Crippen molar-refractivity contribution in [2.75, 3.05) is 31.6 Å². The molecular weight excluding hydrogens is 444 g/mol. The van der Waals surface area contributed by atoms with Gasteiger partial charge in [0.25, 0.3) is 10.0 Å². The predicted molar refractivity (Wildman–Crippen MR) is 124 cm³/mol. The van der Waals surface area contributed by atoms with Crippen LogP contribution in [-0.2, 0) is 19.6 Å². The van der Waals surface area contributed by atoms with Crippen LogP contribution in [0.5, 0.6) is 5.75 Å². The second-order valence-corrected chi connectivity index (χ2v) is 9.62. The maximum Gasteiger partial charge on any atom is 0.285 e. The first-order valence-corrected chi connectivity index (χ1v) is 12.2. The fourth-order valence-electron chi connectivity index (χ4n) is 4.33. The number of carbonyl (C=O) groups is 2. The normalized spacial score (nSPS) is 18.9. The molecule has 0 aliphatic carbocycles. The summed E-state index contributed by atoms with van der Waals surface area (Å²) in [5.74, 6) is -0.183. The number of carbonyl (C=O) groups excluding carboxylic acids is 2. The lowest BCUT2D eigenvalue weighted by molar-refractivity contribution is -0.123. The van der Waals surface area contributed by atoms with E-state index < -0.39 is 21.8 Å². The molecule has 1 atom stereocenters. The molecule has 0 aromatic heterocycles. The highest BCUT2D eigenvalue weighted by molar-refractivity contribution is 7.90. The summed E-state index contributed by atoms with van der Waals surface area (Å²) in [6, 6.07) is 13.8. The van der Waals surface area contributed by atoms with Crippen LogP contribution >= 0.6 is 0 Å². The van der Waals surface area contributed by atoms with E-state index in [-0.39, 0.29) is 23.8 Å². The smallest absolute Gasteiger partial charge is 0.285 e. The number of amides is 2. The van der Waals surface area contributed by atoms with Crippen molar-refractivity contribution < 1.29 is 22.7 Å². The molecule has 2 N–H and O–H groups in total. The zero-order valence-electron chi connectivity index (χ0n) is 18.3. The summed E-state index contributed by atoms with van der Waals surface area (Å²) >= 11 is 0. The van der Waals surface area contributed by atoms with Crippen LogP contribution in [0.4, 0.5) is 5.69 Å². The molecule has 0 unspecified atom stereocenters. The van der Waals surface area contributed by atoms with Crippen molar-refractivity contribution in [2.24, 2.45) is 16.0 Å². The molecule has 9 nitrogen and oxygen atoms in total. The summed E-state index contributed by atoms with van der Waals surface area (Å²) in [4.78, 5) is 28.7. The average molecular weight is 471 g/mol. The zero-order valence-corrected chi connectivity index (χ0v) is 19.1. The molecule has 1 fully saturated rings. The van der Waals surface area contributed by atoms with Gasteiger partial charge in [0, 0.05) is 31.6 Å². The van der Waals surface area contributed by atoms with Crippen molar-refractivity contribution in [1.82, 2.24) is 4.90 Å². The van der Waals surface area contributed by atoms with Gasteiger partial charge in [0.1, 0.15) is 10.6 Å². The van der Waals surface area contributed by atoms with E-state index in [9.17, 15) is 18.0 Å². The highest BCUT2D eigenvalue weighted by Gasteiger charge is 2.36. The number of nitrogens with zero attached hydrogens (tertiary/aromatic N) is 3. The monoisotopic (exact) mass is 470 g/mol. The average Bonchev–Trinajstić information content (AvgIpc) is 3.10. The van der Waals surface area contributed by atoms with Gasteiger partial charge < -0.3 is 20.3 Å². The van der Waals surface area contributed by atoms with E-state index in [4.69, 9.17) is 10.5 Å². The summed E-state index contributed by atoms with van der Waals surface area (Å²) in [5, 5.41) is 0. The molecule has 174 valence electrons. The first-order valence-electron chi connectivity index (χ1n) is 10.7. The van der Waals surface area contributed by atoms with Gasteiger partial charge in [-0.05, 0) is 37.1 Å². The van der Waals surface area contributed by atoms with Crippen LogP contribution in [0.3, 0.4) is 0 Å². The van der Waals surface area contributed by atoms with Crippen molar-refractivity contribution in [3.63, 3.8) is 0 Å². The number of likely N-dealkylation sites (tertiary alicyclic amines) is 1. The number of methoxy groups -OCH3 is 1. The number of amidine groups is 1. The molecule has 2 aliphatic rings. The van der Waals surface area contributed by atoms with Crippen LogP contribution in [0.2, 0.25) is 0 Å². The topological polar surface area (TPSA) is 122 Å². The second-order valence-electron chi connectivity index (χ2n) is 8.05. The van der Waals surface area contributed by atoms with E-state index >= 15 is 0 Å². The largest absolute Gasteiger partial charge is 0.495 e. The van der Waals surface area contributed by atoms with Gasteiger partial charge in [-0.3, -0.25) is 9.59 Å². The van der Waals surface area contributed by atoms with E-state index in [1.54, 1.807) is 53.4 Å². The number of para-hydroxylation sites is 2. The van der Waals surface area contributed by atoms with Gasteiger partial charge in [-0.2, -0.15) is 8.42 Å². The van der Waals surface area contributed by atoms with Crippen LogP contribution in [0.25, 0.3) is 0 Å². The van der Waals surface area contributed by atoms with Crippen LogP contribution in [0.15, 0.2) is 57.8 Å². The number of fused-ring (bicyclic) bond motifs is 1. The first kappa shape index (κ1) is 22.8. The predicted octanol–water partition coefficient (Wildman–Crippen LogP) is 1.76. The van der Waals surface area contributed by atoms with Crippen molar-refractivity contribution in [2.45, 2.75) is 24.2 Å². The number of benzene rings is 2. The zero-order chi connectivity index (χ0) is 23.6. The third-order valence-electron chi connectivity index (χ3n) is 5.91. The van der Waals surface area contributed by atoms with E-state index in [0.717, 1.165) is 0 Å². The number of anilines is 1. The lowest BCUT2D eigenvalue weighted by Gasteiger charge is -2.36. The standard InChI is InChI=1S/C23H26N4O5S/c1-32-19-10-4-3-9-18(19)27(14-12-21(24)28)23(29)16-7-6-13-26(15-16)22-17-8-2-5-11-20(17)33(30,31)25-22/h2-5,8-11,16H,6-7,12-15H2,1H3,(H2,24,28)/t16-/m0/s1. The molecule has 10 heteroatoms. The van der Waals surface area contributed by atoms with E-state index in [1.807, 2.05) is 4.90 Å². The summed E-state index contributed by atoms with van der Waals surface area (Å²) < 4.78 is 34.4. The van der Waals surface area contributed by atoms with Gasteiger partial charge in [-0.1, -0.05) is 24.3 Å². The maximum absolute atomic E-state index is 13.6. The lowest BCUT2D eigenvalue weighted by atomic mass is 9.95. The van der Waals surface area contributed by atoms with Gasteiger partial charge in [-0.25, -0.2) is 0 Å². The van der Waals surface area contributed by atoms with Gasteiger partial charge in [0.2, 0.25) is 11.8 Å². The summed E-state index contributed by atoms with van der Waals surface area (Å²) in [6.07, 6.45) is 1.35. The third kappa shape index (κ3) is 4.56. The van der Waals surface area contributed by atoms with Crippen molar-refractivity contribution in [1.29, 1.82) is 0 Å². The number of ether oxygens (including phenoxy) is 1. The Morgan fingerprint density at radius 2 is 1.91 bits per heavy atom. The minimum atomic E-state index is -3.75. The number of hydrogen-bond acceptors (Lipinski definition) is 6. The molecule has 2 aromatic carbocycles. The van der Waals surface area contributed by atoms with Crippen molar-refractivity contribution in [3.05, 3.63) is 54.1 Å². The Hall–Kier alpha value is -3.40. The molecule has 0 bridgehead atoms. The molecular formula is C23H26N4O5S. The number of nitrogens with two attached hydrogens (primary N) is 1. The van der Waals surface area contributed by atoms with Gasteiger partial charge >= 0.3 is 0 Å². The number of hydrogen-bond donors (Lipinski definition) is 1. The molecule has 4 rings (SSSR count). The Kier molecular flexibility index (Phi) is 6.37. The molecule has 0 saturated carbocycles. The van der Waals surface area contributed by atoms with E-state index in [0.29, 0.717) is 48.8 Å². The fraction of sp³-hybridized carbons (Fsp3) is 0.348. The molecule has 2 heterocycles. The molecule has 1 saturated heterocycles. The van der Waals surface area contributed by atoms with Crippen LogP contribution in [0, 0.1) is 5.92 Å². The Morgan fingerprint density at radius 1 is 1.18 bits per heavy atom. The van der Waals surface area contributed by atoms with Crippen LogP contribution in [0.1, 0.15) is 24.8 Å². The number of rotatable bonds is 6. The molecule has 2 aliphatic heterocycles. The Balaban J connectivity index is 1.61. The molecule has 0 spiro atoms. The minimum absolute atomic E-state index is 0.0125. The third-order valence-corrected chi connectivity index (χ3v) is 7.23. The quantitative estimate of drug-likeness (QED) is 0.687. The minimum Gasteiger partial charge on any atom is -0.495 e. The molecule has 2 aromatic rings. The van der Waals surface area contributed by atoms with Crippen LogP contribution in [-0.4, -0.2) is 57.7 Å². The molecule has 0 radical (unpaired) electrons. The van der Waals surface area contributed by atoms with Crippen molar-refractivity contribution >= 4 is 33.4 Å². The van der Waals surface area contributed by atoms with Gasteiger partial charge in [-0.15, -0.1) is 4.40 Å². The van der Waals surface area contributed by atoms with E-state index in [1.165, 1.54) is 7.11 Å². The van der Waals surface area contributed by atoms with Crippen molar-refractivity contribution in [3.8, 4) is 5.75 Å². The van der Waals surface area contributed by atoms with Gasteiger partial charge in [0.05, 0.1) is 18.7 Å². The fourth-order valence-corrected chi connectivity index (χ4v) is 5.56. The Morgan fingerprint density at radius 3 is 2.67 bits per heavy atom. The second kappa shape index (κ2) is 9.22. The summed E-state index contributed by atoms with van der Waals surface area (Å²) in [6.45, 7) is 1.05. The van der Waals surface area contributed by atoms with Crippen LogP contribution < -0.4 is 15.4 Å². The highest BCUT2D eigenvalue weighted by atomic mass is 32.2. The number of piperidine rings is 1. The molecule has 33 heavy (non-hydrogen) atoms. The molecule has 2 amide bonds. The van der Waals surface area contributed by atoms with E-state index in [2.05, 4.69) is 4.40 Å². The van der Waals surface area contributed by atoms with Gasteiger partial charge in [0.15, 0.2) is 5.84 Å². The summed E-state index contributed by atoms with van der Waals surface area (Å²) in [7, 11) is -2.22.